The lowest BCUT2D eigenvalue weighted by Gasteiger charge is -2.11. The van der Waals surface area contributed by atoms with Crippen LogP contribution in [-0.2, 0) is 18.4 Å². The van der Waals surface area contributed by atoms with Gasteiger partial charge in [0, 0.05) is 31.5 Å². The third-order valence-electron chi connectivity index (χ3n) is 2.86. The molecule has 0 aliphatic heterocycles. The van der Waals surface area contributed by atoms with Crippen molar-refractivity contribution in [2.75, 3.05) is 0 Å². The second kappa shape index (κ2) is 5.44. The lowest BCUT2D eigenvalue weighted by molar-refractivity contribution is -0.124. The normalized spacial score (nSPS) is 12.4. The Bertz CT molecular complexity index is 569. The van der Waals surface area contributed by atoms with E-state index in [-0.39, 0.29) is 5.91 Å². The van der Waals surface area contributed by atoms with E-state index in [4.69, 9.17) is 11.6 Å². The summed E-state index contributed by atoms with van der Waals surface area (Å²) in [5.74, 6) is -0.108. The average Bonchev–Trinajstić information content (AvgIpc) is 2.93. The maximum absolute atomic E-state index is 12.0. The van der Waals surface area contributed by atoms with Crippen LogP contribution in [0.5, 0.6) is 0 Å². The number of nitrogens with one attached hydrogen (secondary N) is 1. The minimum Gasteiger partial charge on any atom is -0.350 e. The molecule has 7 heteroatoms. The summed E-state index contributed by atoms with van der Waals surface area (Å²) in [6.07, 6.45) is 5.24. The summed E-state index contributed by atoms with van der Waals surface area (Å²) in [6.45, 7) is 4.03. The standard InChI is InChI=1S/C12H16ClN5O/c1-8-11(13)7-18(16-8)9(2)12(19)14-4-10-5-15-17(3)6-10/h5-7,9H,4H2,1-3H3,(H,14,19). The molecular weight excluding hydrogens is 266 g/mol. The first kappa shape index (κ1) is 13.6. The van der Waals surface area contributed by atoms with E-state index in [1.54, 1.807) is 35.6 Å². The Morgan fingerprint density at radius 3 is 2.79 bits per heavy atom. The van der Waals surface area contributed by atoms with Crippen LogP contribution >= 0.6 is 11.6 Å². The molecule has 1 N–H and O–H groups in total. The topological polar surface area (TPSA) is 64.7 Å². The van der Waals surface area contributed by atoms with Crippen LogP contribution in [0.2, 0.25) is 5.02 Å². The molecule has 0 spiro atoms. The zero-order chi connectivity index (χ0) is 14.0. The van der Waals surface area contributed by atoms with Crippen LogP contribution in [-0.4, -0.2) is 25.5 Å². The molecule has 19 heavy (non-hydrogen) atoms. The molecule has 0 fully saturated rings. The van der Waals surface area contributed by atoms with Crippen LogP contribution in [0.15, 0.2) is 18.6 Å². The fraction of sp³-hybridized carbons (Fsp3) is 0.417. The highest BCUT2D eigenvalue weighted by atomic mass is 35.5. The Labute approximate surface area is 116 Å². The second-order valence-electron chi connectivity index (χ2n) is 4.46. The molecule has 0 aliphatic rings. The van der Waals surface area contributed by atoms with Gasteiger partial charge in [0.1, 0.15) is 6.04 Å². The molecule has 0 aromatic carbocycles. The van der Waals surface area contributed by atoms with E-state index in [1.165, 1.54) is 0 Å². The van der Waals surface area contributed by atoms with Crippen molar-refractivity contribution >= 4 is 17.5 Å². The first-order valence-corrected chi connectivity index (χ1v) is 6.31. The number of aryl methyl sites for hydroxylation is 2. The molecule has 1 amide bonds. The summed E-state index contributed by atoms with van der Waals surface area (Å²) >= 11 is 5.93. The summed E-state index contributed by atoms with van der Waals surface area (Å²) in [4.78, 5) is 12.0. The van der Waals surface area contributed by atoms with Crippen molar-refractivity contribution in [3.63, 3.8) is 0 Å². The maximum atomic E-state index is 12.0. The van der Waals surface area contributed by atoms with E-state index in [2.05, 4.69) is 15.5 Å². The van der Waals surface area contributed by atoms with Crippen molar-refractivity contribution in [1.29, 1.82) is 0 Å². The van der Waals surface area contributed by atoms with Crippen LogP contribution in [0.4, 0.5) is 0 Å². The number of amides is 1. The quantitative estimate of drug-likeness (QED) is 0.923. The van der Waals surface area contributed by atoms with Crippen LogP contribution in [0.1, 0.15) is 24.2 Å². The lowest BCUT2D eigenvalue weighted by Crippen LogP contribution is -2.30. The smallest absolute Gasteiger partial charge is 0.244 e. The van der Waals surface area contributed by atoms with Gasteiger partial charge in [0.05, 0.1) is 16.9 Å². The summed E-state index contributed by atoms with van der Waals surface area (Å²) < 4.78 is 3.26. The molecule has 2 heterocycles. The summed E-state index contributed by atoms with van der Waals surface area (Å²) in [7, 11) is 1.84. The Balaban J connectivity index is 1.96. The summed E-state index contributed by atoms with van der Waals surface area (Å²) in [5, 5.41) is 11.6. The van der Waals surface area contributed by atoms with E-state index in [1.807, 2.05) is 13.2 Å². The zero-order valence-electron chi connectivity index (χ0n) is 11.1. The van der Waals surface area contributed by atoms with E-state index >= 15 is 0 Å². The summed E-state index contributed by atoms with van der Waals surface area (Å²) in [5.41, 5.74) is 1.67. The van der Waals surface area contributed by atoms with Gasteiger partial charge >= 0.3 is 0 Å². The minimum atomic E-state index is -0.400. The average molecular weight is 282 g/mol. The molecule has 1 atom stereocenters. The van der Waals surface area contributed by atoms with Crippen molar-refractivity contribution in [2.24, 2.45) is 7.05 Å². The van der Waals surface area contributed by atoms with Crippen molar-refractivity contribution in [2.45, 2.75) is 26.4 Å². The Morgan fingerprint density at radius 1 is 1.53 bits per heavy atom. The number of carbonyl (C=O) groups excluding carboxylic acids is 1. The molecule has 0 bridgehead atoms. The molecule has 0 saturated carbocycles. The molecule has 6 nitrogen and oxygen atoms in total. The van der Waals surface area contributed by atoms with Gasteiger partial charge in [-0.1, -0.05) is 11.6 Å². The number of hydrogen-bond donors (Lipinski definition) is 1. The van der Waals surface area contributed by atoms with E-state index in [9.17, 15) is 4.79 Å². The highest BCUT2D eigenvalue weighted by Gasteiger charge is 2.16. The first-order valence-electron chi connectivity index (χ1n) is 5.94. The Morgan fingerprint density at radius 2 is 2.26 bits per heavy atom. The minimum absolute atomic E-state index is 0.108. The molecule has 2 rings (SSSR count). The number of nitrogens with zero attached hydrogens (tertiary/aromatic N) is 4. The van der Waals surface area contributed by atoms with E-state index in [0.29, 0.717) is 17.3 Å². The molecule has 2 aromatic rings. The van der Waals surface area contributed by atoms with E-state index in [0.717, 1.165) is 5.56 Å². The van der Waals surface area contributed by atoms with Crippen molar-refractivity contribution in [3.8, 4) is 0 Å². The van der Waals surface area contributed by atoms with Gasteiger partial charge in [0.2, 0.25) is 5.91 Å². The van der Waals surface area contributed by atoms with Crippen LogP contribution in [0, 0.1) is 6.92 Å². The molecule has 0 radical (unpaired) electrons. The number of carbonyl (C=O) groups is 1. The largest absolute Gasteiger partial charge is 0.350 e. The highest BCUT2D eigenvalue weighted by molar-refractivity contribution is 6.31. The van der Waals surface area contributed by atoms with Crippen LogP contribution < -0.4 is 5.32 Å². The van der Waals surface area contributed by atoms with Crippen LogP contribution in [0.25, 0.3) is 0 Å². The predicted octanol–water partition coefficient (Wildman–Crippen LogP) is 1.46. The Kier molecular flexibility index (Phi) is 3.90. The molecule has 2 aromatic heterocycles. The SMILES string of the molecule is Cc1nn(C(C)C(=O)NCc2cnn(C)c2)cc1Cl. The Hall–Kier alpha value is -1.82. The number of hydrogen-bond acceptors (Lipinski definition) is 3. The zero-order valence-corrected chi connectivity index (χ0v) is 11.8. The maximum Gasteiger partial charge on any atom is 0.244 e. The van der Waals surface area contributed by atoms with Crippen molar-refractivity contribution in [3.05, 3.63) is 34.9 Å². The molecule has 1 unspecified atom stereocenters. The van der Waals surface area contributed by atoms with Crippen molar-refractivity contribution in [1.82, 2.24) is 24.9 Å². The molecule has 0 aliphatic carbocycles. The first-order chi connectivity index (χ1) is 8.97. The van der Waals surface area contributed by atoms with Crippen LogP contribution in [0.3, 0.4) is 0 Å². The lowest BCUT2D eigenvalue weighted by atomic mass is 10.3. The van der Waals surface area contributed by atoms with Gasteiger partial charge in [-0.25, -0.2) is 0 Å². The van der Waals surface area contributed by atoms with Gasteiger partial charge in [0.25, 0.3) is 0 Å². The van der Waals surface area contributed by atoms with Gasteiger partial charge in [0.15, 0.2) is 0 Å². The second-order valence-corrected chi connectivity index (χ2v) is 4.87. The number of aromatic nitrogens is 4. The monoisotopic (exact) mass is 281 g/mol. The highest BCUT2D eigenvalue weighted by Crippen LogP contribution is 2.15. The third-order valence-corrected chi connectivity index (χ3v) is 3.23. The van der Waals surface area contributed by atoms with Gasteiger partial charge < -0.3 is 5.32 Å². The molecule has 102 valence electrons. The van der Waals surface area contributed by atoms with E-state index < -0.39 is 6.04 Å². The summed E-state index contributed by atoms with van der Waals surface area (Å²) in [6, 6.07) is -0.400. The van der Waals surface area contributed by atoms with Crippen molar-refractivity contribution < 1.29 is 4.79 Å². The molecule has 0 saturated heterocycles. The van der Waals surface area contributed by atoms with Gasteiger partial charge in [-0.05, 0) is 13.8 Å². The predicted molar refractivity (Wildman–Crippen MR) is 71.7 cm³/mol. The molecular formula is C12H16ClN5O. The fourth-order valence-electron chi connectivity index (χ4n) is 1.68. The number of rotatable bonds is 4. The van der Waals surface area contributed by atoms with Gasteiger partial charge in [-0.3, -0.25) is 14.2 Å². The van der Waals surface area contributed by atoms with Gasteiger partial charge in [-0.2, -0.15) is 10.2 Å². The third kappa shape index (κ3) is 3.14. The van der Waals surface area contributed by atoms with Gasteiger partial charge in [-0.15, -0.1) is 0 Å². The fourth-order valence-corrected chi connectivity index (χ4v) is 1.82. The number of halogens is 1.